The lowest BCUT2D eigenvalue weighted by Crippen LogP contribution is -2.54. The molecule has 0 amide bonds. The zero-order valence-corrected chi connectivity index (χ0v) is 13.3. The van der Waals surface area contributed by atoms with E-state index in [0.29, 0.717) is 5.92 Å². The lowest BCUT2D eigenvalue weighted by molar-refractivity contribution is 0.226. The van der Waals surface area contributed by atoms with Crippen molar-refractivity contribution < 1.29 is 8.42 Å². The quantitative estimate of drug-likeness (QED) is 0.842. The van der Waals surface area contributed by atoms with Gasteiger partial charge in [-0.3, -0.25) is 0 Å². The van der Waals surface area contributed by atoms with E-state index in [1.54, 1.807) is 11.4 Å². The van der Waals surface area contributed by atoms with Gasteiger partial charge in [-0.15, -0.1) is 0 Å². The average molecular weight is 288 g/mol. The highest BCUT2D eigenvalue weighted by Gasteiger charge is 2.46. The molecule has 5 heteroatoms. The van der Waals surface area contributed by atoms with Crippen LogP contribution in [0.15, 0.2) is 0 Å². The first-order chi connectivity index (χ1) is 8.67. The van der Waals surface area contributed by atoms with Crippen LogP contribution in [0.3, 0.4) is 0 Å². The summed E-state index contributed by atoms with van der Waals surface area (Å²) in [5, 5.41) is 0. The predicted octanol–water partition coefficient (Wildman–Crippen LogP) is 2.10. The first kappa shape index (κ1) is 15.3. The van der Waals surface area contributed by atoms with Crippen LogP contribution >= 0.6 is 0 Å². The molecule has 0 heterocycles. The molecule has 112 valence electrons. The summed E-state index contributed by atoms with van der Waals surface area (Å²) in [6, 6.07) is 0. The van der Waals surface area contributed by atoms with Gasteiger partial charge in [0.25, 0.3) is 0 Å². The number of hydrogen-bond acceptors (Lipinski definition) is 3. The van der Waals surface area contributed by atoms with Gasteiger partial charge < -0.3 is 5.73 Å². The summed E-state index contributed by atoms with van der Waals surface area (Å²) in [6.45, 7) is 4.07. The molecule has 0 bridgehead atoms. The highest BCUT2D eigenvalue weighted by atomic mass is 32.2. The molecule has 0 atom stereocenters. The van der Waals surface area contributed by atoms with Crippen LogP contribution in [-0.4, -0.2) is 36.6 Å². The fourth-order valence-electron chi connectivity index (χ4n) is 3.27. The number of nitrogens with zero attached hydrogens (tertiary/aromatic N) is 1. The summed E-state index contributed by atoms with van der Waals surface area (Å²) >= 11 is 0. The third-order valence-electron chi connectivity index (χ3n) is 5.12. The summed E-state index contributed by atoms with van der Waals surface area (Å²) in [4.78, 5) is 0. The monoisotopic (exact) mass is 288 g/mol. The van der Waals surface area contributed by atoms with Crippen molar-refractivity contribution in [1.82, 2.24) is 4.31 Å². The molecular weight excluding hydrogens is 260 g/mol. The Morgan fingerprint density at radius 1 is 1.21 bits per heavy atom. The largest absolute Gasteiger partial charge is 0.324 e. The molecule has 0 unspecified atom stereocenters. The van der Waals surface area contributed by atoms with Gasteiger partial charge in [-0.2, -0.15) is 4.31 Å². The Hall–Kier alpha value is -0.130. The normalized spacial score (nSPS) is 24.7. The van der Waals surface area contributed by atoms with Crippen molar-refractivity contribution in [2.24, 2.45) is 11.7 Å². The minimum atomic E-state index is -3.27. The zero-order valence-electron chi connectivity index (χ0n) is 12.5. The second-order valence-electron chi connectivity index (χ2n) is 7.07. The molecule has 2 saturated carbocycles. The van der Waals surface area contributed by atoms with Gasteiger partial charge in [-0.1, -0.05) is 19.3 Å². The summed E-state index contributed by atoms with van der Waals surface area (Å²) in [7, 11) is -1.55. The number of nitrogens with two attached hydrogens (primary N) is 1. The maximum atomic E-state index is 12.6. The van der Waals surface area contributed by atoms with Gasteiger partial charge in [0.05, 0.1) is 5.75 Å². The second kappa shape index (κ2) is 5.01. The third kappa shape index (κ3) is 3.31. The smallest absolute Gasteiger partial charge is 0.216 e. The highest BCUT2D eigenvalue weighted by molar-refractivity contribution is 7.89. The van der Waals surface area contributed by atoms with Crippen LogP contribution in [0.2, 0.25) is 0 Å². The van der Waals surface area contributed by atoms with Crippen LogP contribution in [0.5, 0.6) is 0 Å². The molecule has 0 aliphatic heterocycles. The molecule has 0 radical (unpaired) electrons. The minimum absolute atomic E-state index is 0.104. The first-order valence-corrected chi connectivity index (χ1v) is 9.04. The standard InChI is InChI=1S/C14H28N2O2S/c1-13(2,12-7-8-12)16(3)19(17,18)11-14(15)9-5-4-6-10-14/h12H,4-11,15H2,1-3H3. The number of sulfonamides is 1. The molecule has 0 saturated heterocycles. The fourth-order valence-corrected chi connectivity index (χ4v) is 5.34. The maximum absolute atomic E-state index is 12.6. The fraction of sp³-hybridized carbons (Fsp3) is 1.00. The Balaban J connectivity index is 2.09. The molecule has 19 heavy (non-hydrogen) atoms. The zero-order chi connectivity index (χ0) is 14.3. The van der Waals surface area contributed by atoms with Crippen molar-refractivity contribution >= 4 is 10.0 Å². The van der Waals surface area contributed by atoms with Crippen molar-refractivity contribution in [1.29, 1.82) is 0 Å². The Labute approximate surface area is 117 Å². The topological polar surface area (TPSA) is 63.4 Å². The van der Waals surface area contributed by atoms with E-state index in [1.165, 1.54) is 6.42 Å². The Morgan fingerprint density at radius 2 is 1.74 bits per heavy atom. The van der Waals surface area contributed by atoms with Crippen molar-refractivity contribution in [2.45, 2.75) is 69.9 Å². The Bertz CT molecular complexity index is 421. The van der Waals surface area contributed by atoms with E-state index >= 15 is 0 Å². The number of rotatable bonds is 5. The van der Waals surface area contributed by atoms with Gasteiger partial charge in [0.2, 0.25) is 10.0 Å². The van der Waals surface area contributed by atoms with E-state index in [4.69, 9.17) is 5.73 Å². The SMILES string of the molecule is CN(C(C)(C)C1CC1)S(=O)(=O)CC1(N)CCCCC1. The molecule has 2 aliphatic rings. The third-order valence-corrected chi connectivity index (χ3v) is 7.37. The van der Waals surface area contributed by atoms with Crippen molar-refractivity contribution in [3.63, 3.8) is 0 Å². The summed E-state index contributed by atoms with van der Waals surface area (Å²) in [6.07, 6.45) is 7.25. The van der Waals surface area contributed by atoms with Crippen LogP contribution in [0.4, 0.5) is 0 Å². The van der Waals surface area contributed by atoms with Crippen LogP contribution < -0.4 is 5.73 Å². The van der Waals surface area contributed by atoms with Crippen molar-refractivity contribution in [2.75, 3.05) is 12.8 Å². The van der Waals surface area contributed by atoms with Crippen molar-refractivity contribution in [3.8, 4) is 0 Å². The minimum Gasteiger partial charge on any atom is -0.324 e. The summed E-state index contributed by atoms with van der Waals surface area (Å²) in [5.74, 6) is 0.611. The predicted molar refractivity (Wildman–Crippen MR) is 78.4 cm³/mol. The average Bonchev–Trinajstić information content (AvgIpc) is 3.11. The molecule has 0 aromatic rings. The van der Waals surface area contributed by atoms with E-state index < -0.39 is 15.6 Å². The van der Waals surface area contributed by atoms with Gasteiger partial charge in [-0.05, 0) is 45.4 Å². The van der Waals surface area contributed by atoms with Gasteiger partial charge >= 0.3 is 0 Å². The van der Waals surface area contributed by atoms with Crippen LogP contribution in [0.25, 0.3) is 0 Å². The van der Waals surface area contributed by atoms with Crippen LogP contribution in [0, 0.1) is 5.92 Å². The molecule has 2 fully saturated rings. The van der Waals surface area contributed by atoms with E-state index in [9.17, 15) is 8.42 Å². The van der Waals surface area contributed by atoms with E-state index in [1.807, 2.05) is 13.8 Å². The van der Waals surface area contributed by atoms with Crippen LogP contribution in [0.1, 0.15) is 58.8 Å². The molecule has 0 spiro atoms. The molecule has 0 aromatic heterocycles. The second-order valence-corrected chi connectivity index (χ2v) is 9.07. The van der Waals surface area contributed by atoms with Gasteiger partial charge in [-0.25, -0.2) is 8.42 Å². The highest BCUT2D eigenvalue weighted by Crippen LogP contribution is 2.43. The summed E-state index contributed by atoms with van der Waals surface area (Å²) in [5.41, 5.74) is 5.53. The van der Waals surface area contributed by atoms with Gasteiger partial charge in [0, 0.05) is 18.1 Å². The van der Waals surface area contributed by atoms with Crippen LogP contribution in [-0.2, 0) is 10.0 Å². The molecule has 2 aliphatic carbocycles. The Kier molecular flexibility index (Phi) is 4.02. The van der Waals surface area contributed by atoms with E-state index in [2.05, 4.69) is 0 Å². The number of hydrogen-bond donors (Lipinski definition) is 1. The summed E-state index contributed by atoms with van der Waals surface area (Å²) < 4.78 is 26.8. The Morgan fingerprint density at radius 3 is 2.21 bits per heavy atom. The molecule has 0 aromatic carbocycles. The van der Waals surface area contributed by atoms with Crippen molar-refractivity contribution in [3.05, 3.63) is 0 Å². The molecular formula is C14H28N2O2S. The lowest BCUT2D eigenvalue weighted by Gasteiger charge is -2.39. The first-order valence-electron chi connectivity index (χ1n) is 7.43. The van der Waals surface area contributed by atoms with E-state index in [-0.39, 0.29) is 11.3 Å². The molecule has 2 N–H and O–H groups in total. The van der Waals surface area contributed by atoms with Gasteiger partial charge in [0.15, 0.2) is 0 Å². The van der Waals surface area contributed by atoms with E-state index in [0.717, 1.165) is 38.5 Å². The molecule has 2 rings (SSSR count). The maximum Gasteiger partial charge on any atom is 0.216 e. The lowest BCUT2D eigenvalue weighted by atomic mass is 9.84. The van der Waals surface area contributed by atoms with Gasteiger partial charge in [0.1, 0.15) is 0 Å². The molecule has 4 nitrogen and oxygen atoms in total.